The van der Waals surface area contributed by atoms with E-state index >= 15 is 0 Å². The zero-order valence-electron chi connectivity index (χ0n) is 14.1. The van der Waals surface area contributed by atoms with Crippen molar-refractivity contribution in [2.24, 2.45) is 5.92 Å². The molecule has 1 fully saturated rings. The average molecular weight is 339 g/mol. The Labute approximate surface area is 145 Å². The first kappa shape index (κ1) is 15.8. The predicted octanol–water partition coefficient (Wildman–Crippen LogP) is 2.75. The van der Waals surface area contributed by atoms with Crippen LogP contribution < -0.4 is 11.1 Å². The van der Waals surface area contributed by atoms with Crippen molar-refractivity contribution in [3.63, 3.8) is 0 Å². The number of aliphatic hydroxyl groups is 1. The number of anilines is 2. The Balaban J connectivity index is 1.73. The summed E-state index contributed by atoms with van der Waals surface area (Å²) in [5.41, 5.74) is 8.17. The van der Waals surface area contributed by atoms with E-state index in [9.17, 15) is 5.11 Å². The number of hydrogen-bond donors (Lipinski definition) is 3. The minimum absolute atomic E-state index is 0.229. The minimum atomic E-state index is 0.229. The second kappa shape index (κ2) is 6.33. The molecule has 0 aliphatic heterocycles. The highest BCUT2D eigenvalue weighted by atomic mass is 16.3. The first-order valence-corrected chi connectivity index (χ1v) is 8.49. The SMILES string of the molecule is Cc1nc(N)nc(N[C@H]2CC[C@@H](CO)C2)c1-c1cc2ccncc2o1. The summed E-state index contributed by atoms with van der Waals surface area (Å²) in [6.07, 6.45) is 6.36. The van der Waals surface area contributed by atoms with Crippen molar-refractivity contribution in [3.8, 4) is 11.3 Å². The number of fused-ring (bicyclic) bond motifs is 1. The van der Waals surface area contributed by atoms with Crippen LogP contribution >= 0.6 is 0 Å². The fraction of sp³-hybridized carbons (Fsp3) is 0.389. The molecule has 4 rings (SSSR count). The topological polar surface area (TPSA) is 110 Å². The molecule has 25 heavy (non-hydrogen) atoms. The van der Waals surface area contributed by atoms with Gasteiger partial charge in [0, 0.05) is 24.2 Å². The average Bonchev–Trinajstić information content (AvgIpc) is 3.20. The van der Waals surface area contributed by atoms with E-state index in [4.69, 9.17) is 10.2 Å². The number of aliphatic hydroxyl groups excluding tert-OH is 1. The van der Waals surface area contributed by atoms with E-state index in [0.717, 1.165) is 41.5 Å². The van der Waals surface area contributed by atoms with Gasteiger partial charge in [-0.15, -0.1) is 0 Å². The quantitative estimate of drug-likeness (QED) is 0.670. The van der Waals surface area contributed by atoms with E-state index in [-0.39, 0.29) is 18.6 Å². The first-order valence-electron chi connectivity index (χ1n) is 8.49. The number of hydrogen-bond acceptors (Lipinski definition) is 7. The second-order valence-corrected chi connectivity index (χ2v) is 6.62. The Bertz CT molecular complexity index is 875. The smallest absolute Gasteiger partial charge is 0.222 e. The monoisotopic (exact) mass is 339 g/mol. The summed E-state index contributed by atoms with van der Waals surface area (Å²) in [5.74, 6) is 1.96. The molecule has 2 atom stereocenters. The zero-order valence-corrected chi connectivity index (χ0v) is 14.1. The van der Waals surface area contributed by atoms with Crippen molar-refractivity contribution < 1.29 is 9.52 Å². The molecule has 0 saturated heterocycles. The normalized spacial score (nSPS) is 20.2. The molecule has 3 aromatic rings. The van der Waals surface area contributed by atoms with Crippen LogP contribution in [0.25, 0.3) is 22.3 Å². The second-order valence-electron chi connectivity index (χ2n) is 6.62. The predicted molar refractivity (Wildman–Crippen MR) is 96.0 cm³/mol. The summed E-state index contributed by atoms with van der Waals surface area (Å²) >= 11 is 0. The van der Waals surface area contributed by atoms with Crippen molar-refractivity contribution in [2.75, 3.05) is 17.7 Å². The van der Waals surface area contributed by atoms with E-state index in [1.807, 2.05) is 19.1 Å². The molecule has 0 amide bonds. The molecule has 7 nitrogen and oxygen atoms in total. The largest absolute Gasteiger partial charge is 0.454 e. The van der Waals surface area contributed by atoms with Gasteiger partial charge in [-0.25, -0.2) is 4.98 Å². The number of nitrogens with two attached hydrogens (primary N) is 1. The molecular weight excluding hydrogens is 318 g/mol. The molecule has 0 unspecified atom stereocenters. The minimum Gasteiger partial charge on any atom is -0.454 e. The van der Waals surface area contributed by atoms with Gasteiger partial charge in [-0.05, 0) is 44.2 Å². The van der Waals surface area contributed by atoms with E-state index < -0.39 is 0 Å². The van der Waals surface area contributed by atoms with Crippen LogP contribution in [-0.4, -0.2) is 32.7 Å². The number of rotatable bonds is 4. The van der Waals surface area contributed by atoms with Crippen LogP contribution in [0.15, 0.2) is 28.9 Å². The Morgan fingerprint density at radius 1 is 1.36 bits per heavy atom. The third-order valence-electron chi connectivity index (χ3n) is 4.82. The van der Waals surface area contributed by atoms with Crippen molar-refractivity contribution in [3.05, 3.63) is 30.2 Å². The maximum atomic E-state index is 9.36. The lowest BCUT2D eigenvalue weighted by atomic mass is 10.1. The Morgan fingerprint density at radius 2 is 2.24 bits per heavy atom. The fourth-order valence-corrected chi connectivity index (χ4v) is 3.57. The molecule has 4 N–H and O–H groups in total. The molecule has 0 aromatic carbocycles. The molecule has 1 aliphatic carbocycles. The van der Waals surface area contributed by atoms with Gasteiger partial charge in [-0.3, -0.25) is 4.98 Å². The zero-order chi connectivity index (χ0) is 17.4. The molecule has 3 heterocycles. The van der Waals surface area contributed by atoms with E-state index in [2.05, 4.69) is 20.3 Å². The van der Waals surface area contributed by atoms with Gasteiger partial charge in [0.15, 0.2) is 5.58 Å². The first-order chi connectivity index (χ1) is 12.1. The summed E-state index contributed by atoms with van der Waals surface area (Å²) < 4.78 is 5.96. The highest BCUT2D eigenvalue weighted by molar-refractivity contribution is 5.85. The Hall–Kier alpha value is -2.67. The van der Waals surface area contributed by atoms with Crippen LogP contribution in [0.3, 0.4) is 0 Å². The van der Waals surface area contributed by atoms with Gasteiger partial charge in [-0.2, -0.15) is 4.98 Å². The van der Waals surface area contributed by atoms with Gasteiger partial charge in [0.1, 0.15) is 11.6 Å². The highest BCUT2D eigenvalue weighted by Gasteiger charge is 2.26. The van der Waals surface area contributed by atoms with E-state index in [1.165, 1.54) is 0 Å². The number of aromatic nitrogens is 3. The molecule has 1 saturated carbocycles. The summed E-state index contributed by atoms with van der Waals surface area (Å²) in [7, 11) is 0. The molecule has 7 heteroatoms. The summed E-state index contributed by atoms with van der Waals surface area (Å²) in [5, 5.41) is 13.8. The Morgan fingerprint density at radius 3 is 3.00 bits per heavy atom. The van der Waals surface area contributed by atoms with Crippen LogP contribution in [0.4, 0.5) is 11.8 Å². The lowest BCUT2D eigenvalue weighted by Crippen LogP contribution is -2.19. The van der Waals surface area contributed by atoms with Crippen molar-refractivity contribution in [1.82, 2.24) is 15.0 Å². The van der Waals surface area contributed by atoms with Gasteiger partial charge < -0.3 is 20.6 Å². The van der Waals surface area contributed by atoms with Gasteiger partial charge in [-0.1, -0.05) is 0 Å². The summed E-state index contributed by atoms with van der Waals surface area (Å²) in [6, 6.07) is 4.14. The van der Waals surface area contributed by atoms with Crippen LogP contribution in [0, 0.1) is 12.8 Å². The lowest BCUT2D eigenvalue weighted by molar-refractivity contribution is 0.229. The van der Waals surface area contributed by atoms with Crippen LogP contribution in [-0.2, 0) is 0 Å². The van der Waals surface area contributed by atoms with Crippen molar-refractivity contribution in [2.45, 2.75) is 32.2 Å². The molecule has 0 radical (unpaired) electrons. The molecule has 130 valence electrons. The number of furan rings is 1. The lowest BCUT2D eigenvalue weighted by Gasteiger charge is -2.17. The van der Waals surface area contributed by atoms with Crippen molar-refractivity contribution in [1.29, 1.82) is 0 Å². The number of nitrogens with zero attached hydrogens (tertiary/aromatic N) is 3. The van der Waals surface area contributed by atoms with E-state index in [1.54, 1.807) is 12.4 Å². The summed E-state index contributed by atoms with van der Waals surface area (Å²) in [6.45, 7) is 2.13. The highest BCUT2D eigenvalue weighted by Crippen LogP contribution is 2.36. The summed E-state index contributed by atoms with van der Waals surface area (Å²) in [4.78, 5) is 12.8. The van der Waals surface area contributed by atoms with Crippen molar-refractivity contribution >= 4 is 22.7 Å². The maximum absolute atomic E-state index is 9.36. The number of nitrogens with one attached hydrogen (secondary N) is 1. The molecule has 1 aliphatic rings. The number of pyridine rings is 1. The maximum Gasteiger partial charge on any atom is 0.222 e. The third-order valence-corrected chi connectivity index (χ3v) is 4.82. The number of aryl methyl sites for hydroxylation is 1. The van der Waals surface area contributed by atoms with Crippen LogP contribution in [0.2, 0.25) is 0 Å². The van der Waals surface area contributed by atoms with Crippen LogP contribution in [0.5, 0.6) is 0 Å². The standard InChI is InChI=1S/C18H21N5O2/c1-10-16(14-7-12-4-5-20-8-15(12)25-14)17(23-18(19)21-10)22-13-3-2-11(6-13)9-24/h4-5,7-8,11,13,24H,2-3,6,9H2,1H3,(H3,19,21,22,23)/t11-,13+/m1/s1. The van der Waals surface area contributed by atoms with E-state index in [0.29, 0.717) is 17.5 Å². The molecule has 3 aromatic heterocycles. The van der Waals surface area contributed by atoms with Gasteiger partial charge in [0.2, 0.25) is 5.95 Å². The Kier molecular flexibility index (Phi) is 4.01. The molecule has 0 spiro atoms. The van der Waals surface area contributed by atoms with Gasteiger partial charge >= 0.3 is 0 Å². The number of nitrogen functional groups attached to an aromatic ring is 1. The van der Waals surface area contributed by atoms with Gasteiger partial charge in [0.25, 0.3) is 0 Å². The van der Waals surface area contributed by atoms with Gasteiger partial charge in [0.05, 0.1) is 17.5 Å². The molecular formula is C18H21N5O2. The fourth-order valence-electron chi connectivity index (χ4n) is 3.57. The molecule has 0 bridgehead atoms. The van der Waals surface area contributed by atoms with Crippen LogP contribution in [0.1, 0.15) is 25.0 Å². The third kappa shape index (κ3) is 3.02.